The van der Waals surface area contributed by atoms with Gasteiger partial charge in [0.1, 0.15) is 0 Å². The monoisotopic (exact) mass is 223 g/mol. The second-order valence-corrected chi connectivity index (χ2v) is 5.03. The van der Waals surface area contributed by atoms with Crippen LogP contribution in [0, 0.1) is 0 Å². The van der Waals surface area contributed by atoms with E-state index in [1.165, 1.54) is 21.7 Å². The van der Waals surface area contributed by atoms with Gasteiger partial charge in [-0.3, -0.25) is 0 Å². The first-order chi connectivity index (χ1) is 7.26. The molecule has 84 valence electrons. The molecule has 15 heavy (non-hydrogen) atoms. The van der Waals surface area contributed by atoms with Crippen LogP contribution in [0.3, 0.4) is 0 Å². The second kappa shape index (κ2) is 6.81. The fraction of sp³-hybridized carbons (Fsp3) is 0.538. The van der Waals surface area contributed by atoms with Crippen LogP contribution in [0.4, 0.5) is 0 Å². The number of hydrogen-bond donors (Lipinski definition) is 1. The van der Waals surface area contributed by atoms with Gasteiger partial charge < -0.3 is 5.32 Å². The molecule has 1 aromatic rings. The number of thiophene rings is 1. The lowest BCUT2D eigenvalue weighted by atomic mass is 10.2. The Labute approximate surface area is 97.2 Å². The van der Waals surface area contributed by atoms with Gasteiger partial charge in [-0.25, -0.2) is 0 Å². The predicted octanol–water partition coefficient (Wildman–Crippen LogP) is 3.71. The molecule has 0 saturated heterocycles. The van der Waals surface area contributed by atoms with E-state index in [0.717, 1.165) is 19.5 Å². The number of aryl methyl sites for hydroxylation is 1. The molecular formula is C13H21NS. The predicted molar refractivity (Wildman–Crippen MR) is 70.5 cm³/mol. The highest BCUT2D eigenvalue weighted by Crippen LogP contribution is 2.19. The van der Waals surface area contributed by atoms with Crippen molar-refractivity contribution in [2.24, 2.45) is 0 Å². The Balaban J connectivity index is 2.46. The van der Waals surface area contributed by atoms with Crippen LogP contribution in [-0.2, 0) is 6.42 Å². The first-order valence-corrected chi connectivity index (χ1v) is 6.54. The Hall–Kier alpha value is -0.600. The molecule has 0 radical (unpaired) electrons. The highest BCUT2D eigenvalue weighted by atomic mass is 32.1. The summed E-state index contributed by atoms with van der Waals surface area (Å²) < 4.78 is 0. The lowest BCUT2D eigenvalue weighted by Gasteiger charge is -2.02. The van der Waals surface area contributed by atoms with Crippen molar-refractivity contribution in [1.82, 2.24) is 5.32 Å². The molecule has 0 aliphatic carbocycles. The fourth-order valence-electron chi connectivity index (χ4n) is 1.42. The van der Waals surface area contributed by atoms with Crippen LogP contribution in [-0.4, -0.2) is 13.1 Å². The maximum absolute atomic E-state index is 3.41. The van der Waals surface area contributed by atoms with E-state index in [4.69, 9.17) is 0 Å². The van der Waals surface area contributed by atoms with Crippen molar-refractivity contribution >= 4 is 17.4 Å². The van der Waals surface area contributed by atoms with Crippen LogP contribution >= 0.6 is 11.3 Å². The number of rotatable bonds is 6. The van der Waals surface area contributed by atoms with Crippen molar-refractivity contribution in [3.63, 3.8) is 0 Å². The van der Waals surface area contributed by atoms with Gasteiger partial charge in [0.25, 0.3) is 0 Å². The molecule has 0 amide bonds. The Kier molecular flexibility index (Phi) is 5.66. The molecule has 0 spiro atoms. The van der Waals surface area contributed by atoms with E-state index in [1.54, 1.807) is 0 Å². The minimum atomic E-state index is 1.01. The standard InChI is InChI=1S/C13H21NS/c1-4-8-14-10-11(3)9-13-7-6-12(5-2)15-13/h6-7,9,14H,4-5,8,10H2,1-3H3. The summed E-state index contributed by atoms with van der Waals surface area (Å²) in [6.07, 6.45) is 4.63. The van der Waals surface area contributed by atoms with Gasteiger partial charge in [0.15, 0.2) is 0 Å². The highest BCUT2D eigenvalue weighted by molar-refractivity contribution is 7.12. The van der Waals surface area contributed by atoms with E-state index < -0.39 is 0 Å². The van der Waals surface area contributed by atoms with E-state index in [9.17, 15) is 0 Å². The lowest BCUT2D eigenvalue weighted by molar-refractivity contribution is 0.715. The van der Waals surface area contributed by atoms with Crippen LogP contribution in [0.5, 0.6) is 0 Å². The van der Waals surface area contributed by atoms with Crippen LogP contribution < -0.4 is 5.32 Å². The van der Waals surface area contributed by atoms with Crippen molar-refractivity contribution in [3.8, 4) is 0 Å². The number of hydrogen-bond acceptors (Lipinski definition) is 2. The van der Waals surface area contributed by atoms with Crippen LogP contribution in [0.25, 0.3) is 6.08 Å². The second-order valence-electron chi connectivity index (χ2n) is 3.83. The molecule has 0 aliphatic rings. The summed E-state index contributed by atoms with van der Waals surface area (Å²) >= 11 is 1.90. The van der Waals surface area contributed by atoms with E-state index in [1.807, 2.05) is 11.3 Å². The third kappa shape index (κ3) is 4.63. The van der Waals surface area contributed by atoms with Crippen molar-refractivity contribution in [2.45, 2.75) is 33.6 Å². The Bertz CT molecular complexity index is 312. The molecular weight excluding hydrogens is 202 g/mol. The maximum atomic E-state index is 3.41. The zero-order valence-electron chi connectivity index (χ0n) is 9.97. The van der Waals surface area contributed by atoms with E-state index in [-0.39, 0.29) is 0 Å². The average molecular weight is 223 g/mol. The van der Waals surface area contributed by atoms with Gasteiger partial charge in [-0.15, -0.1) is 11.3 Å². The third-order valence-corrected chi connectivity index (χ3v) is 3.43. The molecule has 0 fully saturated rings. The Morgan fingerprint density at radius 1 is 1.40 bits per heavy atom. The van der Waals surface area contributed by atoms with Crippen molar-refractivity contribution in [3.05, 3.63) is 27.5 Å². The van der Waals surface area contributed by atoms with Crippen molar-refractivity contribution in [2.75, 3.05) is 13.1 Å². The summed E-state index contributed by atoms with van der Waals surface area (Å²) in [5.41, 5.74) is 1.41. The minimum absolute atomic E-state index is 1.01. The van der Waals surface area contributed by atoms with Gasteiger partial charge in [0.05, 0.1) is 0 Å². The number of nitrogens with one attached hydrogen (secondary N) is 1. The summed E-state index contributed by atoms with van der Waals surface area (Å²) in [6.45, 7) is 8.70. The normalized spacial score (nSPS) is 12.1. The van der Waals surface area contributed by atoms with Crippen molar-refractivity contribution in [1.29, 1.82) is 0 Å². The van der Waals surface area contributed by atoms with Crippen molar-refractivity contribution < 1.29 is 0 Å². The summed E-state index contributed by atoms with van der Waals surface area (Å²) in [6, 6.07) is 4.44. The molecule has 0 atom stereocenters. The molecule has 1 rings (SSSR count). The highest BCUT2D eigenvalue weighted by Gasteiger charge is 1.96. The Morgan fingerprint density at radius 3 is 2.80 bits per heavy atom. The van der Waals surface area contributed by atoms with Gasteiger partial charge in [0.2, 0.25) is 0 Å². The van der Waals surface area contributed by atoms with Crippen LogP contribution in [0.2, 0.25) is 0 Å². The van der Waals surface area contributed by atoms with E-state index in [0.29, 0.717) is 0 Å². The SMILES string of the molecule is CCCNCC(C)=Cc1ccc(CC)s1. The molecule has 1 N–H and O–H groups in total. The molecule has 1 aromatic heterocycles. The maximum Gasteiger partial charge on any atom is 0.0273 e. The largest absolute Gasteiger partial charge is 0.313 e. The first kappa shape index (κ1) is 12.5. The van der Waals surface area contributed by atoms with E-state index >= 15 is 0 Å². The zero-order chi connectivity index (χ0) is 11.1. The minimum Gasteiger partial charge on any atom is -0.313 e. The smallest absolute Gasteiger partial charge is 0.0273 e. The van der Waals surface area contributed by atoms with Crippen LogP contribution in [0.15, 0.2) is 17.7 Å². The summed E-state index contributed by atoms with van der Waals surface area (Å²) in [7, 11) is 0. The van der Waals surface area contributed by atoms with Gasteiger partial charge in [0, 0.05) is 16.3 Å². The third-order valence-electron chi connectivity index (χ3n) is 2.25. The van der Waals surface area contributed by atoms with Gasteiger partial charge in [-0.2, -0.15) is 0 Å². The summed E-state index contributed by atoms with van der Waals surface area (Å²) in [5, 5.41) is 3.41. The molecule has 0 aliphatic heterocycles. The summed E-state index contributed by atoms with van der Waals surface area (Å²) in [5.74, 6) is 0. The molecule has 2 heteroatoms. The van der Waals surface area contributed by atoms with Crippen LogP contribution in [0.1, 0.15) is 36.9 Å². The molecule has 1 heterocycles. The Morgan fingerprint density at radius 2 is 2.20 bits per heavy atom. The van der Waals surface area contributed by atoms with Gasteiger partial charge in [-0.05, 0) is 44.5 Å². The molecule has 0 saturated carbocycles. The molecule has 0 aromatic carbocycles. The first-order valence-electron chi connectivity index (χ1n) is 5.72. The summed E-state index contributed by atoms with van der Waals surface area (Å²) in [4.78, 5) is 2.85. The van der Waals surface area contributed by atoms with Gasteiger partial charge in [-0.1, -0.05) is 19.4 Å². The van der Waals surface area contributed by atoms with Gasteiger partial charge >= 0.3 is 0 Å². The molecule has 0 bridgehead atoms. The van der Waals surface area contributed by atoms with E-state index in [2.05, 4.69) is 44.3 Å². The zero-order valence-corrected chi connectivity index (χ0v) is 10.8. The molecule has 1 nitrogen and oxygen atoms in total. The quantitative estimate of drug-likeness (QED) is 0.725. The topological polar surface area (TPSA) is 12.0 Å². The average Bonchev–Trinajstić information content (AvgIpc) is 2.66. The lowest BCUT2D eigenvalue weighted by Crippen LogP contribution is -2.16. The fourth-order valence-corrected chi connectivity index (χ4v) is 2.40. The molecule has 0 unspecified atom stereocenters.